The molecule has 144 valence electrons. The van der Waals surface area contributed by atoms with Crippen LogP contribution in [0.1, 0.15) is 48.2 Å². The summed E-state index contributed by atoms with van der Waals surface area (Å²) >= 11 is 6.44. The van der Waals surface area contributed by atoms with Gasteiger partial charge in [0.15, 0.2) is 0 Å². The second-order valence-corrected chi connectivity index (χ2v) is 6.86. The van der Waals surface area contributed by atoms with Gasteiger partial charge in [-0.3, -0.25) is 4.79 Å². The monoisotopic (exact) mass is 388 g/mol. The van der Waals surface area contributed by atoms with Crippen molar-refractivity contribution in [2.45, 2.75) is 26.7 Å². The van der Waals surface area contributed by atoms with Crippen LogP contribution >= 0.6 is 11.6 Å². The number of benzene rings is 1. The van der Waals surface area contributed by atoms with E-state index in [0.29, 0.717) is 36.1 Å². The number of carbonyl (C=O) groups is 1. The Bertz CT molecular complexity index is 819. The van der Waals surface area contributed by atoms with E-state index in [4.69, 9.17) is 21.7 Å². The fourth-order valence-corrected chi connectivity index (χ4v) is 2.91. The van der Waals surface area contributed by atoms with E-state index < -0.39 is 0 Å². The average molecular weight is 389 g/mol. The number of hydrogen-bond donors (Lipinski definition) is 3. The number of pyridine rings is 1. The minimum atomic E-state index is -0.365. The molecule has 3 N–H and O–H groups in total. The number of amides is 1. The first-order chi connectivity index (χ1) is 12.8. The topological polar surface area (TPSA) is 87.1 Å². The summed E-state index contributed by atoms with van der Waals surface area (Å²) in [6, 6.07) is 7.68. The van der Waals surface area contributed by atoms with Crippen LogP contribution in [-0.4, -0.2) is 36.9 Å². The lowest BCUT2D eigenvalue weighted by molar-refractivity contribution is 0.102. The Hall–Kier alpha value is -2.44. The van der Waals surface area contributed by atoms with Crippen LogP contribution in [0.3, 0.4) is 0 Å². The van der Waals surface area contributed by atoms with Gasteiger partial charge in [0.05, 0.1) is 22.8 Å². The summed E-state index contributed by atoms with van der Waals surface area (Å²) in [5, 5.41) is 14.1. The van der Waals surface area contributed by atoms with Crippen LogP contribution in [0.5, 0.6) is 0 Å². The lowest BCUT2D eigenvalue weighted by atomic mass is 10.0. The van der Waals surface area contributed by atoms with E-state index in [0.717, 1.165) is 0 Å². The van der Waals surface area contributed by atoms with Gasteiger partial charge in [-0.2, -0.15) is 0 Å². The van der Waals surface area contributed by atoms with Gasteiger partial charge in [-0.15, -0.1) is 0 Å². The number of aromatic nitrogens is 1. The van der Waals surface area contributed by atoms with E-state index in [1.165, 1.54) is 11.8 Å². The molecule has 0 bridgehead atoms. The van der Waals surface area contributed by atoms with Crippen molar-refractivity contribution >= 4 is 34.7 Å². The van der Waals surface area contributed by atoms with Crippen molar-refractivity contribution in [3.8, 4) is 0 Å². The number of carbonyl (C=O) groups excluding carboxylic acids is 1. The molecular weight excluding hydrogens is 364 g/mol. The van der Waals surface area contributed by atoms with Crippen molar-refractivity contribution in [1.29, 1.82) is 5.41 Å². The summed E-state index contributed by atoms with van der Waals surface area (Å²) < 4.78 is 5.00. The minimum Gasteiger partial charge on any atom is -0.383 e. The molecule has 2 aromatic rings. The third-order valence-electron chi connectivity index (χ3n) is 4.07. The predicted octanol–water partition coefficient (Wildman–Crippen LogP) is 4.56. The van der Waals surface area contributed by atoms with E-state index in [9.17, 15) is 4.79 Å². The second kappa shape index (κ2) is 9.48. The highest BCUT2D eigenvalue weighted by Crippen LogP contribution is 2.28. The van der Waals surface area contributed by atoms with Gasteiger partial charge < -0.3 is 20.8 Å². The van der Waals surface area contributed by atoms with Gasteiger partial charge in [-0.1, -0.05) is 37.6 Å². The summed E-state index contributed by atoms with van der Waals surface area (Å²) in [6.45, 7) is 6.85. The molecule has 0 aliphatic heterocycles. The molecule has 0 aliphatic carbocycles. The van der Waals surface area contributed by atoms with Crippen LogP contribution in [0.25, 0.3) is 0 Å². The van der Waals surface area contributed by atoms with Gasteiger partial charge in [0, 0.05) is 31.3 Å². The zero-order valence-electron chi connectivity index (χ0n) is 16.0. The van der Waals surface area contributed by atoms with Gasteiger partial charge in [0.1, 0.15) is 5.82 Å². The number of halogens is 1. The zero-order valence-corrected chi connectivity index (χ0v) is 16.8. The summed E-state index contributed by atoms with van der Waals surface area (Å²) in [4.78, 5) is 16.9. The molecule has 0 spiro atoms. The fourth-order valence-electron chi connectivity index (χ4n) is 2.54. The predicted molar refractivity (Wildman–Crippen MR) is 111 cm³/mol. The first kappa shape index (κ1) is 20.9. The van der Waals surface area contributed by atoms with Crippen molar-refractivity contribution in [3.63, 3.8) is 0 Å². The number of rotatable bonds is 8. The summed E-state index contributed by atoms with van der Waals surface area (Å²) in [5.41, 5.74) is 2.74. The first-order valence-corrected chi connectivity index (χ1v) is 9.11. The first-order valence-electron chi connectivity index (χ1n) is 8.73. The molecule has 2 rings (SSSR count). The van der Waals surface area contributed by atoms with Crippen LogP contribution in [0.2, 0.25) is 5.02 Å². The summed E-state index contributed by atoms with van der Waals surface area (Å²) in [7, 11) is 1.60. The van der Waals surface area contributed by atoms with Crippen molar-refractivity contribution in [3.05, 3.63) is 52.2 Å². The Morgan fingerprint density at radius 3 is 2.52 bits per heavy atom. The molecule has 0 radical (unpaired) electrons. The number of anilines is 2. The number of hydrogen-bond acceptors (Lipinski definition) is 5. The molecule has 6 nitrogen and oxygen atoms in total. The maximum Gasteiger partial charge on any atom is 0.258 e. The molecule has 27 heavy (non-hydrogen) atoms. The maximum atomic E-state index is 12.7. The van der Waals surface area contributed by atoms with Crippen molar-refractivity contribution in [2.24, 2.45) is 0 Å². The average Bonchev–Trinajstić information content (AvgIpc) is 2.62. The molecule has 0 atom stereocenters. The van der Waals surface area contributed by atoms with E-state index in [1.807, 2.05) is 24.3 Å². The number of ether oxygens (including phenoxy) is 1. The lowest BCUT2D eigenvalue weighted by Gasteiger charge is -2.15. The Labute approximate surface area is 164 Å². The highest BCUT2D eigenvalue weighted by atomic mass is 35.5. The van der Waals surface area contributed by atoms with Gasteiger partial charge in [-0.05, 0) is 30.5 Å². The van der Waals surface area contributed by atoms with Crippen LogP contribution in [0.15, 0.2) is 30.5 Å². The Morgan fingerprint density at radius 2 is 1.96 bits per heavy atom. The highest BCUT2D eigenvalue weighted by molar-refractivity contribution is 6.38. The van der Waals surface area contributed by atoms with E-state index in [1.54, 1.807) is 14.0 Å². The van der Waals surface area contributed by atoms with Crippen LogP contribution < -0.4 is 10.6 Å². The highest BCUT2D eigenvalue weighted by Gasteiger charge is 2.19. The minimum absolute atomic E-state index is 0.203. The molecule has 0 unspecified atom stereocenters. The quantitative estimate of drug-likeness (QED) is 0.457. The molecule has 1 amide bonds. The molecule has 1 heterocycles. The van der Waals surface area contributed by atoms with Gasteiger partial charge >= 0.3 is 0 Å². The molecule has 7 heteroatoms. The van der Waals surface area contributed by atoms with Crippen molar-refractivity contribution in [2.75, 3.05) is 30.9 Å². The van der Waals surface area contributed by atoms with Crippen molar-refractivity contribution < 1.29 is 9.53 Å². The lowest BCUT2D eigenvalue weighted by Crippen LogP contribution is -2.17. The molecule has 0 aliphatic rings. The van der Waals surface area contributed by atoms with E-state index in [2.05, 4.69) is 29.5 Å². The third-order valence-corrected chi connectivity index (χ3v) is 4.46. The maximum absolute atomic E-state index is 12.7. The normalized spacial score (nSPS) is 10.7. The molecule has 0 saturated carbocycles. The molecule has 0 fully saturated rings. The van der Waals surface area contributed by atoms with Crippen molar-refractivity contribution in [1.82, 2.24) is 4.98 Å². The Kier molecular flexibility index (Phi) is 7.33. The SMILES string of the molecule is COCCNc1ncc(C(=O)Nc2ccc(C(C)C)cc2)c(Cl)c1C(C)=N. The van der Waals surface area contributed by atoms with Crippen LogP contribution in [-0.2, 0) is 4.74 Å². The summed E-state index contributed by atoms with van der Waals surface area (Å²) in [6.07, 6.45) is 1.42. The standard InChI is InChI=1S/C20H25ClN4O2/c1-12(2)14-5-7-15(8-6-14)25-20(26)16-11-24-19(23-9-10-27-4)17(13(3)22)18(16)21/h5-8,11-12,22H,9-10H2,1-4H3,(H,23,24)(H,25,26). The van der Waals surface area contributed by atoms with Crippen LogP contribution in [0, 0.1) is 5.41 Å². The Morgan fingerprint density at radius 1 is 1.30 bits per heavy atom. The van der Waals surface area contributed by atoms with Crippen LogP contribution in [0.4, 0.5) is 11.5 Å². The Balaban J connectivity index is 2.25. The molecule has 0 saturated heterocycles. The molecule has 1 aromatic carbocycles. The van der Waals surface area contributed by atoms with E-state index >= 15 is 0 Å². The molecule has 1 aromatic heterocycles. The largest absolute Gasteiger partial charge is 0.383 e. The third kappa shape index (κ3) is 5.28. The van der Waals surface area contributed by atoms with Gasteiger partial charge in [-0.25, -0.2) is 4.98 Å². The molecular formula is C20H25ClN4O2. The fraction of sp³-hybridized carbons (Fsp3) is 0.350. The second-order valence-electron chi connectivity index (χ2n) is 6.48. The van der Waals surface area contributed by atoms with E-state index in [-0.39, 0.29) is 22.2 Å². The van der Waals surface area contributed by atoms with Gasteiger partial charge in [0.25, 0.3) is 5.91 Å². The number of nitrogens with zero attached hydrogens (tertiary/aromatic N) is 1. The summed E-state index contributed by atoms with van der Waals surface area (Å²) in [5.74, 6) is 0.516. The number of methoxy groups -OCH3 is 1. The smallest absolute Gasteiger partial charge is 0.258 e. The van der Waals surface area contributed by atoms with Gasteiger partial charge in [0.2, 0.25) is 0 Å². The zero-order chi connectivity index (χ0) is 20.0. The number of nitrogens with one attached hydrogen (secondary N) is 3.